The number of rotatable bonds is 6. The fraction of sp³-hybridized carbons (Fsp3) is 0.208. The Kier molecular flexibility index (Phi) is 7.00. The van der Waals surface area contributed by atoms with E-state index in [1.807, 2.05) is 42.5 Å². The van der Waals surface area contributed by atoms with Crippen LogP contribution in [-0.2, 0) is 34.3 Å². The van der Waals surface area contributed by atoms with Crippen LogP contribution < -0.4 is 0 Å². The fourth-order valence-corrected chi connectivity index (χ4v) is 5.50. The second-order valence-electron chi connectivity index (χ2n) is 7.69. The Balaban J connectivity index is 1.59. The first-order valence-corrected chi connectivity index (χ1v) is 12.8. The average molecular weight is 534 g/mol. The molecule has 5 nitrogen and oxygen atoms in total. The van der Waals surface area contributed by atoms with Crippen LogP contribution in [0.15, 0.2) is 82.2 Å². The Hall–Kier alpha value is -2.19. The number of nitrogens with zero attached hydrogens (tertiary/aromatic N) is 2. The van der Waals surface area contributed by atoms with Crippen molar-refractivity contribution in [3.05, 3.63) is 99.0 Å². The van der Waals surface area contributed by atoms with Crippen LogP contribution in [0.5, 0.6) is 0 Å². The van der Waals surface area contributed by atoms with Crippen LogP contribution >= 0.6 is 27.5 Å². The molecule has 3 aromatic rings. The van der Waals surface area contributed by atoms with Crippen molar-refractivity contribution < 1.29 is 13.2 Å². The van der Waals surface area contributed by atoms with Crippen LogP contribution in [0.1, 0.15) is 16.7 Å². The number of sulfonamides is 1. The zero-order valence-electron chi connectivity index (χ0n) is 17.2. The molecular weight excluding hydrogens is 512 g/mol. The normalized spacial score (nSPS) is 13.8. The summed E-state index contributed by atoms with van der Waals surface area (Å²) < 4.78 is 29.0. The van der Waals surface area contributed by atoms with Gasteiger partial charge in [-0.1, -0.05) is 63.9 Å². The van der Waals surface area contributed by atoms with Crippen LogP contribution in [-0.4, -0.2) is 36.6 Å². The highest BCUT2D eigenvalue weighted by Gasteiger charge is 2.30. The predicted molar refractivity (Wildman–Crippen MR) is 129 cm³/mol. The summed E-state index contributed by atoms with van der Waals surface area (Å²) in [5.41, 5.74) is 3.13. The van der Waals surface area contributed by atoms with Crippen molar-refractivity contribution in [3.8, 4) is 0 Å². The van der Waals surface area contributed by atoms with Crippen LogP contribution in [0.3, 0.4) is 0 Å². The Morgan fingerprint density at radius 2 is 1.62 bits per heavy atom. The lowest BCUT2D eigenvalue weighted by atomic mass is 10.00. The zero-order valence-corrected chi connectivity index (χ0v) is 20.4. The van der Waals surface area contributed by atoms with Gasteiger partial charge in [-0.15, -0.1) is 0 Å². The van der Waals surface area contributed by atoms with Crippen LogP contribution in [0, 0.1) is 0 Å². The summed E-state index contributed by atoms with van der Waals surface area (Å²) in [5, 5.41) is 0.450. The Morgan fingerprint density at radius 1 is 0.969 bits per heavy atom. The number of carbonyl (C=O) groups excluding carboxylic acids is 1. The fourth-order valence-electron chi connectivity index (χ4n) is 3.73. The number of amides is 1. The largest absolute Gasteiger partial charge is 0.337 e. The Labute approximate surface area is 201 Å². The van der Waals surface area contributed by atoms with E-state index < -0.39 is 10.0 Å². The van der Waals surface area contributed by atoms with Gasteiger partial charge in [0.25, 0.3) is 0 Å². The molecule has 0 saturated carbocycles. The van der Waals surface area contributed by atoms with Crippen molar-refractivity contribution in [2.24, 2.45) is 0 Å². The summed E-state index contributed by atoms with van der Waals surface area (Å²) in [5.74, 6) is -0.214. The number of hydrogen-bond donors (Lipinski definition) is 0. The number of halogens is 2. The molecule has 0 saturated heterocycles. The molecule has 4 rings (SSSR count). The number of hydrogen-bond acceptors (Lipinski definition) is 3. The lowest BCUT2D eigenvalue weighted by Gasteiger charge is -2.31. The minimum absolute atomic E-state index is 0.0917. The van der Waals surface area contributed by atoms with E-state index in [2.05, 4.69) is 22.0 Å². The van der Waals surface area contributed by atoms with E-state index in [1.165, 1.54) is 34.1 Å². The van der Waals surface area contributed by atoms with Gasteiger partial charge in [-0.2, -0.15) is 4.31 Å². The summed E-state index contributed by atoms with van der Waals surface area (Å²) in [6, 6.07) is 21.4. The molecular formula is C24H22BrClN2O3S. The van der Waals surface area contributed by atoms with E-state index in [4.69, 9.17) is 11.6 Å². The molecule has 0 spiro atoms. The van der Waals surface area contributed by atoms with Crippen LogP contribution in [0.25, 0.3) is 0 Å². The first-order valence-electron chi connectivity index (χ1n) is 10.2. The lowest BCUT2D eigenvalue weighted by Crippen LogP contribution is -2.44. The maximum atomic E-state index is 13.4. The van der Waals surface area contributed by atoms with E-state index in [9.17, 15) is 13.2 Å². The SMILES string of the molecule is O=C(CN(Cc1ccc(Br)cc1)S(=O)(=O)c1ccc(Cl)cc1)N1CCc2ccccc2C1. The molecule has 1 aliphatic rings. The second-order valence-corrected chi connectivity index (χ2v) is 11.0. The van der Waals surface area contributed by atoms with Gasteiger partial charge >= 0.3 is 0 Å². The summed E-state index contributed by atoms with van der Waals surface area (Å²) in [7, 11) is -3.90. The molecule has 8 heteroatoms. The van der Waals surface area contributed by atoms with E-state index in [-0.39, 0.29) is 23.9 Å². The van der Waals surface area contributed by atoms with Crippen molar-refractivity contribution in [3.63, 3.8) is 0 Å². The van der Waals surface area contributed by atoms with E-state index in [0.717, 1.165) is 22.0 Å². The molecule has 32 heavy (non-hydrogen) atoms. The molecule has 0 N–H and O–H groups in total. The molecule has 0 aromatic heterocycles. The van der Waals surface area contributed by atoms with Crippen molar-refractivity contribution in [1.29, 1.82) is 0 Å². The van der Waals surface area contributed by atoms with Crippen molar-refractivity contribution in [1.82, 2.24) is 9.21 Å². The summed E-state index contributed by atoms with van der Waals surface area (Å²) >= 11 is 9.33. The van der Waals surface area contributed by atoms with E-state index in [1.54, 1.807) is 4.90 Å². The standard InChI is InChI=1S/C24H22BrClN2O3S/c25-21-7-5-18(6-8-21)15-28(32(30,31)23-11-9-22(26)10-12-23)17-24(29)27-14-13-19-3-1-2-4-20(19)16-27/h1-12H,13-17H2. The highest BCUT2D eigenvalue weighted by atomic mass is 79.9. The zero-order chi connectivity index (χ0) is 22.7. The van der Waals surface area contributed by atoms with Gasteiger partial charge in [-0.05, 0) is 59.5 Å². The smallest absolute Gasteiger partial charge is 0.243 e. The minimum Gasteiger partial charge on any atom is -0.337 e. The molecule has 0 unspecified atom stereocenters. The van der Waals surface area contributed by atoms with Gasteiger partial charge in [0.2, 0.25) is 15.9 Å². The molecule has 3 aromatic carbocycles. The summed E-state index contributed by atoms with van der Waals surface area (Å²) in [6.07, 6.45) is 0.762. The number of benzene rings is 3. The topological polar surface area (TPSA) is 57.7 Å². The Bertz CT molecular complexity index is 1210. The third-order valence-corrected chi connectivity index (χ3v) is 8.11. The molecule has 1 aliphatic heterocycles. The molecule has 1 heterocycles. The molecule has 0 atom stereocenters. The molecule has 166 valence electrons. The highest BCUT2D eigenvalue weighted by molar-refractivity contribution is 9.10. The summed E-state index contributed by atoms with van der Waals surface area (Å²) in [4.78, 5) is 15.0. The summed E-state index contributed by atoms with van der Waals surface area (Å²) in [6.45, 7) is 0.919. The number of fused-ring (bicyclic) bond motifs is 1. The first-order chi connectivity index (χ1) is 15.3. The Morgan fingerprint density at radius 3 is 2.31 bits per heavy atom. The van der Waals surface area contributed by atoms with Crippen molar-refractivity contribution in [2.45, 2.75) is 24.4 Å². The second kappa shape index (κ2) is 9.75. The molecule has 0 aliphatic carbocycles. The third-order valence-electron chi connectivity index (χ3n) is 5.52. The minimum atomic E-state index is -3.90. The van der Waals surface area contributed by atoms with Gasteiger partial charge in [0.15, 0.2) is 0 Å². The van der Waals surface area contributed by atoms with E-state index in [0.29, 0.717) is 18.1 Å². The van der Waals surface area contributed by atoms with Gasteiger partial charge in [0.1, 0.15) is 0 Å². The van der Waals surface area contributed by atoms with Crippen molar-refractivity contribution in [2.75, 3.05) is 13.1 Å². The van der Waals surface area contributed by atoms with Gasteiger partial charge in [-0.3, -0.25) is 4.79 Å². The number of carbonyl (C=O) groups is 1. The van der Waals surface area contributed by atoms with Crippen molar-refractivity contribution >= 4 is 43.5 Å². The maximum absolute atomic E-state index is 13.4. The maximum Gasteiger partial charge on any atom is 0.243 e. The molecule has 1 amide bonds. The predicted octanol–water partition coefficient (Wildman–Crippen LogP) is 4.88. The van der Waals surface area contributed by atoms with Crippen LogP contribution in [0.4, 0.5) is 0 Å². The monoisotopic (exact) mass is 532 g/mol. The van der Waals surface area contributed by atoms with Gasteiger partial charge < -0.3 is 4.90 Å². The van der Waals surface area contributed by atoms with Gasteiger partial charge in [-0.25, -0.2) is 8.42 Å². The highest BCUT2D eigenvalue weighted by Crippen LogP contribution is 2.23. The molecule has 0 radical (unpaired) electrons. The molecule has 0 fully saturated rings. The van der Waals surface area contributed by atoms with Gasteiger partial charge in [0, 0.05) is 29.1 Å². The third kappa shape index (κ3) is 5.23. The lowest BCUT2D eigenvalue weighted by molar-refractivity contribution is -0.132. The first kappa shape index (κ1) is 23.0. The molecule has 0 bridgehead atoms. The average Bonchev–Trinajstić information content (AvgIpc) is 2.80. The van der Waals surface area contributed by atoms with Crippen LogP contribution in [0.2, 0.25) is 5.02 Å². The van der Waals surface area contributed by atoms with E-state index >= 15 is 0 Å². The quantitative estimate of drug-likeness (QED) is 0.454. The van der Waals surface area contributed by atoms with Gasteiger partial charge in [0.05, 0.1) is 11.4 Å².